The van der Waals surface area contributed by atoms with Gasteiger partial charge in [0.1, 0.15) is 6.04 Å². The standard InChI is InChI=1S/C7H14N2O3S.Au/c8-5(10)3-4(1-2-13)6(9)7(11)12;/h4,6,13H,1-3,9H2,(H2,8,10)(H,11,12);/q;+1/p-1. The van der Waals surface area contributed by atoms with Gasteiger partial charge in [-0.2, -0.15) is 5.75 Å². The van der Waals surface area contributed by atoms with E-state index in [-0.39, 0.29) is 28.8 Å². The van der Waals surface area contributed by atoms with Crippen molar-refractivity contribution in [2.75, 3.05) is 5.75 Å². The van der Waals surface area contributed by atoms with Gasteiger partial charge in [0.05, 0.1) is 0 Å². The minimum atomic E-state index is -1.13. The molecule has 0 aliphatic heterocycles. The van der Waals surface area contributed by atoms with Crippen molar-refractivity contribution in [1.82, 2.24) is 0 Å². The Morgan fingerprint density at radius 2 is 1.93 bits per heavy atom. The summed E-state index contributed by atoms with van der Waals surface area (Å²) in [5, 5.41) is 8.58. The summed E-state index contributed by atoms with van der Waals surface area (Å²) in [7, 11) is 0. The second-order valence-corrected chi connectivity index (χ2v) is 3.20. The molecule has 0 saturated heterocycles. The molecule has 5 nitrogen and oxygen atoms in total. The maximum Gasteiger partial charge on any atom is 1.00 e. The summed E-state index contributed by atoms with van der Waals surface area (Å²) in [5.41, 5.74) is 10.3. The Hall–Kier alpha value is -0.00974. The van der Waals surface area contributed by atoms with E-state index < -0.39 is 23.8 Å². The zero-order valence-corrected chi connectivity index (χ0v) is 10.4. The quantitative estimate of drug-likeness (QED) is 0.383. The van der Waals surface area contributed by atoms with Crippen molar-refractivity contribution in [1.29, 1.82) is 0 Å². The molecule has 2 atom stereocenters. The van der Waals surface area contributed by atoms with Crippen molar-refractivity contribution in [3.63, 3.8) is 0 Å². The predicted octanol–water partition coefficient (Wildman–Crippen LogP) is -1.18. The van der Waals surface area contributed by atoms with E-state index in [0.717, 1.165) is 0 Å². The minimum Gasteiger partial charge on any atom is -0.793 e. The molecule has 0 aromatic heterocycles. The van der Waals surface area contributed by atoms with Crippen LogP contribution in [0.3, 0.4) is 0 Å². The van der Waals surface area contributed by atoms with Gasteiger partial charge in [-0.3, -0.25) is 9.59 Å². The Bertz CT molecular complexity index is 203. The van der Waals surface area contributed by atoms with E-state index in [0.29, 0.717) is 12.2 Å². The van der Waals surface area contributed by atoms with Gasteiger partial charge in [-0.25, -0.2) is 0 Å². The van der Waals surface area contributed by atoms with Crippen LogP contribution in [-0.4, -0.2) is 28.8 Å². The molecular weight excluding hydrogens is 389 g/mol. The molecule has 0 fully saturated rings. The topological polar surface area (TPSA) is 106 Å². The van der Waals surface area contributed by atoms with E-state index in [1.165, 1.54) is 0 Å². The number of primary amides is 1. The first-order chi connectivity index (χ1) is 5.99. The van der Waals surface area contributed by atoms with E-state index in [9.17, 15) is 9.59 Å². The maximum atomic E-state index is 10.6. The van der Waals surface area contributed by atoms with E-state index in [1.54, 1.807) is 0 Å². The average Bonchev–Trinajstić information content (AvgIpc) is 2.01. The van der Waals surface area contributed by atoms with E-state index >= 15 is 0 Å². The number of hydrogen-bond donors (Lipinski definition) is 3. The summed E-state index contributed by atoms with van der Waals surface area (Å²) in [5.74, 6) is -1.76. The van der Waals surface area contributed by atoms with Crippen LogP contribution in [0, 0.1) is 5.92 Å². The molecule has 0 aliphatic carbocycles. The number of rotatable bonds is 6. The van der Waals surface area contributed by atoms with Crippen molar-refractivity contribution < 1.29 is 37.1 Å². The molecule has 0 rings (SSSR count). The number of hydrogen-bond acceptors (Lipinski definition) is 4. The first-order valence-electron chi connectivity index (χ1n) is 3.83. The molecule has 7 heteroatoms. The third-order valence-electron chi connectivity index (χ3n) is 1.75. The fourth-order valence-electron chi connectivity index (χ4n) is 1.02. The summed E-state index contributed by atoms with van der Waals surface area (Å²) in [4.78, 5) is 21.0. The third-order valence-corrected chi connectivity index (χ3v) is 1.98. The smallest absolute Gasteiger partial charge is 0.793 e. The van der Waals surface area contributed by atoms with Gasteiger partial charge in [0.15, 0.2) is 0 Å². The van der Waals surface area contributed by atoms with Crippen LogP contribution in [-0.2, 0) is 44.6 Å². The first-order valence-corrected chi connectivity index (χ1v) is 4.41. The number of nitrogens with two attached hydrogens (primary N) is 2. The van der Waals surface area contributed by atoms with Gasteiger partial charge in [-0.15, -0.1) is 0 Å². The van der Waals surface area contributed by atoms with Crippen LogP contribution in [0.15, 0.2) is 0 Å². The van der Waals surface area contributed by atoms with E-state index in [4.69, 9.17) is 16.6 Å². The Morgan fingerprint density at radius 3 is 2.21 bits per heavy atom. The molecule has 0 aliphatic rings. The Balaban J connectivity index is 0. The summed E-state index contributed by atoms with van der Waals surface area (Å²) in [6.45, 7) is 0. The first kappa shape index (κ1) is 16.4. The third kappa shape index (κ3) is 6.45. The number of carbonyl (C=O) groups is 2. The second kappa shape index (κ2) is 8.31. The minimum absolute atomic E-state index is 0. The normalized spacial score (nSPS) is 13.9. The molecule has 14 heavy (non-hydrogen) atoms. The molecule has 0 saturated carbocycles. The summed E-state index contributed by atoms with van der Waals surface area (Å²) >= 11 is 4.69. The Kier molecular flexibility index (Phi) is 9.75. The van der Waals surface area contributed by atoms with Gasteiger partial charge in [0.2, 0.25) is 5.91 Å². The van der Waals surface area contributed by atoms with Crippen molar-refractivity contribution in [3.05, 3.63) is 0 Å². The average molecular weight is 402 g/mol. The number of carboxylic acid groups (broad SMARTS) is 1. The van der Waals surface area contributed by atoms with E-state index in [2.05, 4.69) is 12.6 Å². The second-order valence-electron chi connectivity index (χ2n) is 2.79. The van der Waals surface area contributed by atoms with Crippen LogP contribution in [0.25, 0.3) is 0 Å². The molecule has 2 unspecified atom stereocenters. The van der Waals surface area contributed by atoms with E-state index in [1.807, 2.05) is 0 Å². The molecule has 0 aromatic rings. The summed E-state index contributed by atoms with van der Waals surface area (Å²) in [6.07, 6.45) is 0.399. The molecule has 0 radical (unpaired) electrons. The fraction of sp³-hybridized carbons (Fsp3) is 0.714. The van der Waals surface area contributed by atoms with Crippen LogP contribution in [0.2, 0.25) is 0 Å². The molecule has 1 amide bonds. The SMILES string of the molecule is NC(=O)CC(CC[S-])C(N)C(=O)O.[Au+]. The van der Waals surface area contributed by atoms with Crippen molar-refractivity contribution in [3.8, 4) is 0 Å². The zero-order chi connectivity index (χ0) is 10.4. The molecule has 0 aromatic carbocycles. The molecule has 0 heterocycles. The monoisotopic (exact) mass is 402 g/mol. The summed E-state index contributed by atoms with van der Waals surface area (Å²) < 4.78 is 0. The zero-order valence-electron chi connectivity index (χ0n) is 7.40. The number of carbonyl (C=O) groups excluding carboxylic acids is 1. The molecule has 0 spiro atoms. The number of amides is 1. The Labute approximate surface area is 104 Å². The van der Waals surface area contributed by atoms with Crippen LogP contribution < -0.4 is 11.5 Å². The molecule has 0 bridgehead atoms. The van der Waals surface area contributed by atoms with Gasteiger partial charge < -0.3 is 29.2 Å². The van der Waals surface area contributed by atoms with Crippen molar-refractivity contribution in [2.24, 2.45) is 17.4 Å². The largest absolute Gasteiger partial charge is 1.00 e. The van der Waals surface area contributed by atoms with Crippen LogP contribution >= 0.6 is 0 Å². The molecule has 5 N–H and O–H groups in total. The molecular formula is C7H13AuN2O3S. The number of carboxylic acids is 1. The van der Waals surface area contributed by atoms with Gasteiger partial charge in [-0.1, -0.05) is 6.42 Å². The summed E-state index contributed by atoms with van der Waals surface area (Å²) in [6, 6.07) is -1.06. The number of aliphatic carboxylic acids is 1. The van der Waals surface area contributed by atoms with Crippen LogP contribution in [0.1, 0.15) is 12.8 Å². The van der Waals surface area contributed by atoms with Crippen LogP contribution in [0.5, 0.6) is 0 Å². The molecule has 86 valence electrons. The van der Waals surface area contributed by atoms with Crippen molar-refractivity contribution in [2.45, 2.75) is 18.9 Å². The van der Waals surface area contributed by atoms with Gasteiger partial charge in [0, 0.05) is 6.42 Å². The van der Waals surface area contributed by atoms with Gasteiger partial charge >= 0.3 is 28.3 Å². The van der Waals surface area contributed by atoms with Crippen molar-refractivity contribution >= 4 is 24.5 Å². The van der Waals surface area contributed by atoms with Gasteiger partial charge in [-0.05, 0) is 5.92 Å². The maximum absolute atomic E-state index is 10.6. The predicted molar refractivity (Wildman–Crippen MR) is 49.8 cm³/mol. The van der Waals surface area contributed by atoms with Crippen LogP contribution in [0.4, 0.5) is 0 Å². The Morgan fingerprint density at radius 1 is 1.43 bits per heavy atom. The van der Waals surface area contributed by atoms with Gasteiger partial charge in [0.25, 0.3) is 0 Å². The fourth-order valence-corrected chi connectivity index (χ4v) is 1.32.